The van der Waals surface area contributed by atoms with Crippen LogP contribution < -0.4 is 0 Å². The van der Waals surface area contributed by atoms with Crippen LogP contribution >= 0.6 is 0 Å². The molecule has 0 atom stereocenters. The van der Waals surface area contributed by atoms with E-state index in [1.165, 1.54) is 116 Å². The van der Waals surface area contributed by atoms with Crippen LogP contribution in [0.25, 0.3) is 0 Å². The largest absolute Gasteiger partial charge is 0.378 e. The first-order chi connectivity index (χ1) is 28.8. The van der Waals surface area contributed by atoms with Gasteiger partial charge >= 0.3 is 0 Å². The smallest absolute Gasteiger partial charge is 0.0538 e. The average Bonchev–Trinajstić information content (AvgIpc) is 3.79. The molecule has 380 valence electrons. The van der Waals surface area contributed by atoms with Crippen molar-refractivity contribution in [2.75, 3.05) is 80.8 Å². The summed E-state index contributed by atoms with van der Waals surface area (Å²) in [6, 6.07) is 2.55. The molecule has 0 saturated heterocycles. The van der Waals surface area contributed by atoms with E-state index in [2.05, 4.69) is 159 Å². The summed E-state index contributed by atoms with van der Waals surface area (Å²) in [7, 11) is 8.91. The number of hydrogen-bond donors (Lipinski definition) is 0. The summed E-state index contributed by atoms with van der Waals surface area (Å²) < 4.78 is 23.3. The lowest BCUT2D eigenvalue weighted by Gasteiger charge is -2.45. The minimum absolute atomic E-state index is 0. The van der Waals surface area contributed by atoms with E-state index < -0.39 is 0 Å². The second kappa shape index (κ2) is 30.9. The predicted molar refractivity (Wildman–Crippen MR) is 277 cm³/mol. The van der Waals surface area contributed by atoms with Crippen molar-refractivity contribution in [2.24, 2.45) is 21.7 Å². The van der Waals surface area contributed by atoms with E-state index >= 15 is 0 Å². The van der Waals surface area contributed by atoms with Crippen LogP contribution in [0, 0.1) is 21.7 Å². The number of hydrogen-bond acceptors (Lipinski definition) is 8. The molecular formula is C55H116N4O4. The molecule has 0 spiro atoms. The van der Waals surface area contributed by atoms with Gasteiger partial charge in [0.15, 0.2) is 0 Å². The van der Waals surface area contributed by atoms with Crippen LogP contribution in [0.2, 0.25) is 0 Å². The fraction of sp³-hybridized carbons (Fsp3) is 1.00. The molecule has 4 saturated carbocycles. The second-order valence-corrected chi connectivity index (χ2v) is 23.6. The summed E-state index contributed by atoms with van der Waals surface area (Å²) in [5, 5.41) is 0. The van der Waals surface area contributed by atoms with Crippen molar-refractivity contribution in [2.45, 2.75) is 257 Å². The zero-order valence-corrected chi connectivity index (χ0v) is 45.6. The highest BCUT2D eigenvalue weighted by Crippen LogP contribution is 2.47. The summed E-state index contributed by atoms with van der Waals surface area (Å²) in [5.41, 5.74) is 1.80. The molecule has 8 heteroatoms. The van der Waals surface area contributed by atoms with Gasteiger partial charge in [-0.2, -0.15) is 0 Å². The fourth-order valence-electron chi connectivity index (χ4n) is 8.89. The molecule has 8 nitrogen and oxygen atoms in total. The van der Waals surface area contributed by atoms with Crippen molar-refractivity contribution >= 4 is 0 Å². The van der Waals surface area contributed by atoms with Gasteiger partial charge in [-0.1, -0.05) is 46.0 Å². The SMILES string of the molecule is C.CC(C)OCC1(CN(C)C(C)C)CC1.CC(C)OCC1(CN(C)C(C)C)CCC1.CC(C)OCC1(CN(C)C(C)C)CCCC1.CC(C)OCC1(CN(C)C(C)C)CCCCC1. The van der Waals surface area contributed by atoms with Gasteiger partial charge in [0.2, 0.25) is 0 Å². The maximum absolute atomic E-state index is 5.94. The molecule has 4 aliphatic rings. The van der Waals surface area contributed by atoms with Crippen LogP contribution in [-0.4, -0.2) is 149 Å². The Morgan fingerprint density at radius 1 is 0.302 bits per heavy atom. The van der Waals surface area contributed by atoms with Crippen LogP contribution in [0.1, 0.15) is 208 Å². The van der Waals surface area contributed by atoms with Crippen LogP contribution in [0.3, 0.4) is 0 Å². The van der Waals surface area contributed by atoms with Crippen LogP contribution in [0.4, 0.5) is 0 Å². The zero-order chi connectivity index (χ0) is 47.3. The van der Waals surface area contributed by atoms with E-state index in [4.69, 9.17) is 18.9 Å². The van der Waals surface area contributed by atoms with Gasteiger partial charge in [0.25, 0.3) is 0 Å². The van der Waals surface area contributed by atoms with E-state index in [0.29, 0.717) is 70.2 Å². The van der Waals surface area contributed by atoms with E-state index in [1.54, 1.807) is 0 Å². The third kappa shape index (κ3) is 26.1. The molecule has 63 heavy (non-hydrogen) atoms. The maximum Gasteiger partial charge on any atom is 0.0538 e. The Kier molecular flexibility index (Phi) is 30.8. The van der Waals surface area contributed by atoms with Crippen molar-refractivity contribution in [1.82, 2.24) is 19.6 Å². The maximum atomic E-state index is 5.94. The molecule has 0 unspecified atom stereocenters. The topological polar surface area (TPSA) is 49.9 Å². The molecular weight excluding hydrogens is 781 g/mol. The molecule has 0 aromatic heterocycles. The molecule has 0 radical (unpaired) electrons. The lowest BCUT2D eigenvalue weighted by atomic mass is 9.69. The van der Waals surface area contributed by atoms with Crippen LogP contribution in [-0.2, 0) is 18.9 Å². The van der Waals surface area contributed by atoms with Gasteiger partial charge in [-0.25, -0.2) is 0 Å². The number of ether oxygens (including phenoxy) is 4. The molecule has 0 N–H and O–H groups in total. The summed E-state index contributed by atoms with van der Waals surface area (Å²) in [5.74, 6) is 0. The predicted octanol–water partition coefficient (Wildman–Crippen LogP) is 13.1. The molecule has 0 heterocycles. The fourth-order valence-corrected chi connectivity index (χ4v) is 8.89. The zero-order valence-electron chi connectivity index (χ0n) is 45.6. The first-order valence-electron chi connectivity index (χ1n) is 26.1. The lowest BCUT2D eigenvalue weighted by Crippen LogP contribution is -2.46. The van der Waals surface area contributed by atoms with Crippen molar-refractivity contribution in [1.29, 1.82) is 0 Å². The second-order valence-electron chi connectivity index (χ2n) is 23.6. The van der Waals surface area contributed by atoms with Crippen molar-refractivity contribution in [3.63, 3.8) is 0 Å². The van der Waals surface area contributed by atoms with Crippen molar-refractivity contribution in [3.05, 3.63) is 0 Å². The Morgan fingerprint density at radius 3 is 0.651 bits per heavy atom. The Balaban J connectivity index is 0.000000811. The minimum Gasteiger partial charge on any atom is -0.378 e. The summed E-state index contributed by atoms with van der Waals surface area (Å²) >= 11 is 0. The normalized spacial score (nSPS) is 19.8. The van der Waals surface area contributed by atoms with Gasteiger partial charge in [0.1, 0.15) is 0 Å². The highest BCUT2D eigenvalue weighted by atomic mass is 16.5. The van der Waals surface area contributed by atoms with Gasteiger partial charge in [-0.15, -0.1) is 0 Å². The Labute approximate surface area is 396 Å². The highest BCUT2D eigenvalue weighted by Gasteiger charge is 2.44. The Bertz CT molecular complexity index is 1100. The Hall–Kier alpha value is -0.320. The molecule has 4 aliphatic carbocycles. The number of nitrogens with zero attached hydrogens (tertiary/aromatic N) is 4. The van der Waals surface area contributed by atoms with E-state index in [9.17, 15) is 0 Å². The molecule has 0 aliphatic heterocycles. The summed E-state index contributed by atoms with van der Waals surface area (Å²) in [6.07, 6.45) is 20.5. The average molecular weight is 898 g/mol. The van der Waals surface area contributed by atoms with E-state index in [0.717, 1.165) is 26.4 Å². The third-order valence-corrected chi connectivity index (χ3v) is 14.7. The first-order valence-corrected chi connectivity index (χ1v) is 26.1. The third-order valence-electron chi connectivity index (χ3n) is 14.7. The van der Waals surface area contributed by atoms with E-state index in [1.807, 2.05) is 0 Å². The minimum atomic E-state index is 0. The van der Waals surface area contributed by atoms with Crippen LogP contribution in [0.15, 0.2) is 0 Å². The summed E-state index contributed by atoms with van der Waals surface area (Å²) in [4.78, 5) is 9.82. The standard InChI is InChI=1S/C15H31NO.C14H29NO.C13H27NO.C12H25NO.CH4/c1-13(2)16(5)11-15(12-17-14(3)4)9-7-6-8-10-15;1-12(2)15(5)10-14(8-6-7-9-14)11-16-13(3)4;1-11(2)14(5)9-13(7-6-8-13)10-15-12(3)4;1-10(2)13(5)8-12(6-7-12)9-14-11(3)4;/h13-14H,6-12H2,1-5H3;12-13H,6-11H2,1-5H3;11-12H,6-10H2,1-5H3;10-11H,6-9H2,1-5H3;1H4. The Morgan fingerprint density at radius 2 is 0.492 bits per heavy atom. The molecule has 0 bridgehead atoms. The van der Waals surface area contributed by atoms with Gasteiger partial charge in [0.05, 0.1) is 50.8 Å². The lowest BCUT2D eigenvalue weighted by molar-refractivity contribution is -0.0503. The van der Waals surface area contributed by atoms with Crippen molar-refractivity contribution in [3.8, 4) is 0 Å². The molecule has 4 fully saturated rings. The van der Waals surface area contributed by atoms with Gasteiger partial charge in [-0.3, -0.25) is 0 Å². The van der Waals surface area contributed by atoms with Crippen molar-refractivity contribution < 1.29 is 18.9 Å². The highest BCUT2D eigenvalue weighted by molar-refractivity contribution is 4.96. The van der Waals surface area contributed by atoms with Gasteiger partial charge < -0.3 is 38.5 Å². The van der Waals surface area contributed by atoms with E-state index in [-0.39, 0.29) is 7.43 Å². The van der Waals surface area contributed by atoms with Crippen LogP contribution in [0.5, 0.6) is 0 Å². The molecule has 4 rings (SSSR count). The summed E-state index contributed by atoms with van der Waals surface area (Å²) in [6.45, 7) is 43.7. The molecule has 0 aromatic carbocycles. The molecule has 0 aromatic rings. The monoisotopic (exact) mass is 897 g/mol. The van der Waals surface area contributed by atoms with Gasteiger partial charge in [0, 0.05) is 72.0 Å². The van der Waals surface area contributed by atoms with Gasteiger partial charge in [-0.05, 0) is 190 Å². The molecule has 0 amide bonds. The number of rotatable bonds is 24. The first kappa shape index (κ1) is 62.7. The quantitative estimate of drug-likeness (QED) is 0.0950.